The van der Waals surface area contributed by atoms with Crippen molar-refractivity contribution in [2.24, 2.45) is 5.92 Å². The van der Waals surface area contributed by atoms with E-state index in [1.165, 1.54) is 18.7 Å². The molecule has 152 valence electrons. The molecular formula is C22H21N5O2S. The van der Waals surface area contributed by atoms with Crippen LogP contribution >= 0.6 is 11.8 Å². The highest BCUT2D eigenvalue weighted by Crippen LogP contribution is 2.24. The molecule has 0 bridgehead atoms. The molecule has 0 amide bonds. The fraction of sp³-hybridized carbons (Fsp3) is 0.227. The number of hydrogen-bond acceptors (Lipinski definition) is 7. The van der Waals surface area contributed by atoms with E-state index in [0.29, 0.717) is 11.0 Å². The van der Waals surface area contributed by atoms with E-state index in [2.05, 4.69) is 10.2 Å². The zero-order valence-electron chi connectivity index (χ0n) is 16.7. The summed E-state index contributed by atoms with van der Waals surface area (Å²) in [6, 6.07) is 19.2. The number of aryl methyl sites for hydroxylation is 1. The maximum atomic E-state index is 12.3. The van der Waals surface area contributed by atoms with E-state index < -0.39 is 5.92 Å². The Morgan fingerprint density at radius 1 is 1.20 bits per heavy atom. The van der Waals surface area contributed by atoms with Crippen molar-refractivity contribution in [1.29, 1.82) is 10.7 Å². The second-order valence-electron chi connectivity index (χ2n) is 6.62. The van der Waals surface area contributed by atoms with E-state index in [1.807, 2.05) is 72.2 Å². The van der Waals surface area contributed by atoms with Crippen LogP contribution in [0.2, 0.25) is 0 Å². The van der Waals surface area contributed by atoms with Crippen LogP contribution in [0, 0.1) is 29.6 Å². The lowest BCUT2D eigenvalue weighted by Gasteiger charge is -2.12. The van der Waals surface area contributed by atoms with Crippen molar-refractivity contribution >= 4 is 23.3 Å². The number of thioether (sulfide) groups is 1. The molecule has 3 aromatic rings. The molecular weight excluding hydrogens is 398 g/mol. The fourth-order valence-electron chi connectivity index (χ4n) is 2.81. The largest absolute Gasteiger partial charge is 0.485 e. The summed E-state index contributed by atoms with van der Waals surface area (Å²) in [4.78, 5) is 12.3. The molecule has 30 heavy (non-hydrogen) atoms. The van der Waals surface area contributed by atoms with Gasteiger partial charge in [0.05, 0.1) is 11.8 Å². The molecule has 0 radical (unpaired) electrons. The number of rotatable bonds is 9. The van der Waals surface area contributed by atoms with Crippen molar-refractivity contribution in [1.82, 2.24) is 14.8 Å². The van der Waals surface area contributed by atoms with E-state index in [9.17, 15) is 4.79 Å². The molecule has 1 aromatic heterocycles. The van der Waals surface area contributed by atoms with Gasteiger partial charge in [0.2, 0.25) is 0 Å². The number of ketones is 1. The van der Waals surface area contributed by atoms with Gasteiger partial charge < -0.3 is 10.1 Å². The Balaban J connectivity index is 1.84. The smallest absolute Gasteiger partial charge is 0.196 e. The molecule has 7 nitrogen and oxygen atoms in total. The Morgan fingerprint density at radius 2 is 1.90 bits per heavy atom. The second-order valence-corrected chi connectivity index (χ2v) is 7.57. The molecule has 1 heterocycles. The number of para-hydroxylation sites is 2. The second kappa shape index (κ2) is 9.85. The summed E-state index contributed by atoms with van der Waals surface area (Å²) >= 11 is 1.19. The number of ether oxygens (including phenoxy) is 1. The number of nitriles is 1. The van der Waals surface area contributed by atoms with Gasteiger partial charge in [-0.2, -0.15) is 5.26 Å². The number of nitrogens with zero attached hydrogens (tertiary/aromatic N) is 4. The highest BCUT2D eigenvalue weighted by atomic mass is 32.2. The van der Waals surface area contributed by atoms with Gasteiger partial charge in [-0.15, -0.1) is 10.2 Å². The lowest BCUT2D eigenvalue weighted by atomic mass is 10.0. The SMILES string of the molecule is CC(=N)[C@@H](C#N)C(=O)CSc1nnc(COc2ccccc2C)n1-c1ccccc1. The van der Waals surface area contributed by atoms with E-state index in [0.717, 1.165) is 17.0 Å². The first kappa shape index (κ1) is 21.3. The van der Waals surface area contributed by atoms with Gasteiger partial charge in [-0.3, -0.25) is 9.36 Å². The molecule has 0 fully saturated rings. The molecule has 0 saturated heterocycles. The van der Waals surface area contributed by atoms with E-state index in [-0.39, 0.29) is 23.9 Å². The number of carbonyl (C=O) groups excluding carboxylic acids is 1. The maximum absolute atomic E-state index is 12.3. The third-order valence-corrected chi connectivity index (χ3v) is 5.34. The molecule has 8 heteroatoms. The van der Waals surface area contributed by atoms with Crippen molar-refractivity contribution in [3.63, 3.8) is 0 Å². The van der Waals surface area contributed by atoms with Crippen molar-refractivity contribution in [2.75, 3.05) is 5.75 Å². The molecule has 0 unspecified atom stereocenters. The number of hydrogen-bond donors (Lipinski definition) is 1. The highest BCUT2D eigenvalue weighted by molar-refractivity contribution is 7.99. The first-order valence-corrected chi connectivity index (χ1v) is 10.3. The lowest BCUT2D eigenvalue weighted by molar-refractivity contribution is -0.117. The first-order valence-electron chi connectivity index (χ1n) is 9.29. The molecule has 2 aromatic carbocycles. The molecule has 0 aliphatic carbocycles. The average molecular weight is 420 g/mol. The number of carbonyl (C=O) groups is 1. The molecule has 0 aliphatic rings. The standard InChI is InChI=1S/C22H21N5O2S/c1-15-8-6-7-11-20(15)29-13-21-25-26-22(27(21)17-9-4-3-5-10-17)30-14-19(28)18(12-23)16(2)24/h3-11,18,24H,13-14H2,1-2H3/t18-/m1/s1. The van der Waals surface area contributed by atoms with Gasteiger partial charge in [0.15, 0.2) is 16.8 Å². The lowest BCUT2D eigenvalue weighted by Crippen LogP contribution is -2.21. The van der Waals surface area contributed by atoms with Crippen LogP contribution < -0.4 is 4.74 Å². The van der Waals surface area contributed by atoms with Crippen LogP contribution in [0.5, 0.6) is 5.75 Å². The van der Waals surface area contributed by atoms with E-state index >= 15 is 0 Å². The monoisotopic (exact) mass is 419 g/mol. The summed E-state index contributed by atoms with van der Waals surface area (Å²) in [6.45, 7) is 3.65. The minimum absolute atomic E-state index is 0.0259. The highest BCUT2D eigenvalue weighted by Gasteiger charge is 2.22. The Labute approximate surface area is 179 Å². The van der Waals surface area contributed by atoms with Gasteiger partial charge in [0.1, 0.15) is 18.3 Å². The minimum Gasteiger partial charge on any atom is -0.485 e. The summed E-state index contributed by atoms with van der Waals surface area (Å²) in [5.41, 5.74) is 1.91. The summed E-state index contributed by atoms with van der Waals surface area (Å²) < 4.78 is 7.78. The van der Waals surface area contributed by atoms with Crippen LogP contribution in [0.25, 0.3) is 5.69 Å². The van der Waals surface area contributed by atoms with Gasteiger partial charge in [-0.1, -0.05) is 48.2 Å². The Hall–Kier alpha value is -3.44. The van der Waals surface area contributed by atoms with Gasteiger partial charge in [0.25, 0.3) is 0 Å². The van der Waals surface area contributed by atoms with Gasteiger partial charge in [0, 0.05) is 11.4 Å². The van der Waals surface area contributed by atoms with Crippen molar-refractivity contribution in [3.8, 4) is 17.5 Å². The van der Waals surface area contributed by atoms with Crippen LogP contribution in [0.4, 0.5) is 0 Å². The normalized spacial score (nSPS) is 11.5. The number of benzene rings is 2. The fourth-order valence-corrected chi connectivity index (χ4v) is 3.69. The zero-order valence-corrected chi connectivity index (χ0v) is 17.5. The summed E-state index contributed by atoms with van der Waals surface area (Å²) in [6.07, 6.45) is 0. The predicted molar refractivity (Wildman–Crippen MR) is 115 cm³/mol. The zero-order chi connectivity index (χ0) is 21.5. The molecule has 1 atom stereocenters. The van der Waals surface area contributed by atoms with Crippen LogP contribution in [0.15, 0.2) is 59.8 Å². The maximum Gasteiger partial charge on any atom is 0.196 e. The first-order chi connectivity index (χ1) is 14.5. The third kappa shape index (κ3) is 4.93. The minimum atomic E-state index is -1.03. The number of nitrogens with one attached hydrogen (secondary N) is 1. The number of aromatic nitrogens is 3. The van der Waals surface area contributed by atoms with Gasteiger partial charge in [-0.25, -0.2) is 0 Å². The third-order valence-electron chi connectivity index (χ3n) is 4.39. The van der Waals surface area contributed by atoms with E-state index in [4.69, 9.17) is 15.4 Å². The summed E-state index contributed by atoms with van der Waals surface area (Å²) in [7, 11) is 0. The van der Waals surface area contributed by atoms with Gasteiger partial charge >= 0.3 is 0 Å². The molecule has 0 spiro atoms. The Kier molecular flexibility index (Phi) is 6.99. The molecule has 1 N–H and O–H groups in total. The molecule has 0 aliphatic heterocycles. The molecule has 3 rings (SSSR count). The Bertz CT molecular complexity index is 1090. The predicted octanol–water partition coefficient (Wildman–Crippen LogP) is 4.00. The van der Waals surface area contributed by atoms with Crippen molar-refractivity contribution in [3.05, 3.63) is 66.0 Å². The van der Waals surface area contributed by atoms with Crippen LogP contribution in [-0.2, 0) is 11.4 Å². The van der Waals surface area contributed by atoms with Gasteiger partial charge in [-0.05, 0) is 37.6 Å². The van der Waals surface area contributed by atoms with E-state index in [1.54, 1.807) is 0 Å². The quantitative estimate of drug-likeness (QED) is 0.415. The summed E-state index contributed by atoms with van der Waals surface area (Å²) in [5.74, 6) is 0.0324. The summed E-state index contributed by atoms with van der Waals surface area (Å²) in [5, 5.41) is 25.8. The van der Waals surface area contributed by atoms with Crippen molar-refractivity contribution in [2.45, 2.75) is 25.6 Å². The Morgan fingerprint density at radius 3 is 2.57 bits per heavy atom. The van der Waals surface area contributed by atoms with Crippen LogP contribution in [0.3, 0.4) is 0 Å². The number of Topliss-reactive ketones (excluding diaryl/α,β-unsaturated/α-hetero) is 1. The van der Waals surface area contributed by atoms with Crippen LogP contribution in [0.1, 0.15) is 18.3 Å². The topological polar surface area (TPSA) is 105 Å². The van der Waals surface area contributed by atoms with Crippen molar-refractivity contribution < 1.29 is 9.53 Å². The molecule has 0 saturated carbocycles. The van der Waals surface area contributed by atoms with Crippen LogP contribution in [-0.4, -0.2) is 32.0 Å². The average Bonchev–Trinajstić information content (AvgIpc) is 3.15.